The molecule has 0 aromatic heterocycles. The number of hydrogen-bond donors (Lipinski definition) is 2. The number of esters is 2. The highest BCUT2D eigenvalue weighted by Crippen LogP contribution is 2.13. The van der Waals surface area contributed by atoms with Gasteiger partial charge in [-0.2, -0.15) is 0 Å². The quantitative estimate of drug-likeness (QED) is 0.0330. The third-order valence-corrected chi connectivity index (χ3v) is 12.8. The third-order valence-electron chi connectivity index (χ3n) is 12.8. The van der Waals surface area contributed by atoms with Crippen molar-refractivity contribution in [1.82, 2.24) is 5.32 Å². The van der Waals surface area contributed by atoms with Gasteiger partial charge in [0.2, 0.25) is 5.91 Å². The van der Waals surface area contributed by atoms with E-state index in [1.54, 1.807) is 0 Å². The van der Waals surface area contributed by atoms with Crippen LogP contribution in [0.3, 0.4) is 0 Å². The van der Waals surface area contributed by atoms with Crippen LogP contribution in [0, 0.1) is 0 Å². The summed E-state index contributed by atoms with van der Waals surface area (Å²) in [6.07, 6.45) is 40.3. The summed E-state index contributed by atoms with van der Waals surface area (Å²) in [7, 11) is 0. The van der Waals surface area contributed by atoms with Crippen molar-refractivity contribution < 1.29 is 81.1 Å². The zero-order valence-electron chi connectivity index (χ0n) is 51.3. The number of rotatable bonds is 69. The van der Waals surface area contributed by atoms with Gasteiger partial charge in [-0.3, -0.25) is 9.59 Å². The molecular weight excluding hydrogens is 1040 g/mol. The highest BCUT2D eigenvalue weighted by Gasteiger charge is 2.24. The maximum atomic E-state index is 13.1. The van der Waals surface area contributed by atoms with Crippen LogP contribution in [0.4, 0.5) is 0 Å². The van der Waals surface area contributed by atoms with Crippen molar-refractivity contribution in [2.45, 2.75) is 200 Å². The van der Waals surface area contributed by atoms with E-state index in [2.05, 4.69) is 43.5 Å². The standard InChI is InChI=1S/C63H119NO17/c1-3-5-7-9-11-13-15-17-19-21-23-25-27-29-31-33-61(66)64-60(59-81-62(67)34-32-30-28-26-24-22-20-18-16-14-12-10-8-6-4-2)63(68)80-58-57-79-56-55-78-54-53-77-52-51-76-50-49-75-48-47-74-46-45-73-44-43-72-42-41-71-40-39-70-38-37-69-36-35-65/h17-20,60,65H,3-16,21-59H2,1-2H3,(H,64,66)/b19-17-,20-18-. The highest BCUT2D eigenvalue weighted by molar-refractivity contribution is 5.84. The topological polar surface area (TPSA) is 203 Å². The zero-order valence-corrected chi connectivity index (χ0v) is 51.3. The molecule has 0 saturated carbocycles. The summed E-state index contributed by atoms with van der Waals surface area (Å²) in [6.45, 7) is 13.7. The Morgan fingerprint density at radius 3 is 0.926 bits per heavy atom. The van der Waals surface area contributed by atoms with Crippen LogP contribution in [0.25, 0.3) is 0 Å². The molecule has 0 aromatic carbocycles. The molecule has 18 nitrogen and oxygen atoms in total. The second-order valence-corrected chi connectivity index (χ2v) is 20.1. The Hall–Kier alpha value is -2.59. The number of ether oxygens (including phenoxy) is 13. The fourth-order valence-electron chi connectivity index (χ4n) is 8.05. The first-order chi connectivity index (χ1) is 40.0. The van der Waals surface area contributed by atoms with Gasteiger partial charge in [0, 0.05) is 12.8 Å². The van der Waals surface area contributed by atoms with Crippen molar-refractivity contribution in [2.75, 3.05) is 165 Å². The minimum absolute atomic E-state index is 0.0138. The summed E-state index contributed by atoms with van der Waals surface area (Å²) < 4.78 is 71.1. The molecule has 0 rings (SSSR count). The first-order valence-electron chi connectivity index (χ1n) is 31.9. The van der Waals surface area contributed by atoms with Gasteiger partial charge in [-0.25, -0.2) is 4.79 Å². The molecule has 81 heavy (non-hydrogen) atoms. The summed E-state index contributed by atoms with van der Waals surface area (Å²) in [5, 5.41) is 11.4. The summed E-state index contributed by atoms with van der Waals surface area (Å²) in [5.74, 6) is -1.30. The number of hydrogen-bond acceptors (Lipinski definition) is 17. The van der Waals surface area contributed by atoms with Gasteiger partial charge in [0.1, 0.15) is 13.2 Å². The normalized spacial score (nSPS) is 12.1. The third kappa shape index (κ3) is 66.4. The second kappa shape index (κ2) is 69.9. The van der Waals surface area contributed by atoms with E-state index < -0.39 is 12.0 Å². The Labute approximate surface area is 491 Å². The number of carbonyl (C=O) groups is 3. The number of allylic oxidation sites excluding steroid dienone is 4. The van der Waals surface area contributed by atoms with Crippen LogP contribution < -0.4 is 5.32 Å². The molecule has 0 fully saturated rings. The molecule has 2 N–H and O–H groups in total. The number of amides is 1. The molecule has 478 valence electrons. The number of aliphatic hydroxyl groups excluding tert-OH is 1. The smallest absolute Gasteiger partial charge is 0.332 e. The average Bonchev–Trinajstić information content (AvgIpc) is 3.47. The molecule has 1 atom stereocenters. The zero-order chi connectivity index (χ0) is 58.5. The Morgan fingerprint density at radius 2 is 0.605 bits per heavy atom. The molecule has 0 spiro atoms. The van der Waals surface area contributed by atoms with Gasteiger partial charge in [-0.1, -0.05) is 141 Å². The van der Waals surface area contributed by atoms with Crippen LogP contribution in [0.5, 0.6) is 0 Å². The van der Waals surface area contributed by atoms with Crippen LogP contribution in [-0.4, -0.2) is 194 Å². The summed E-state index contributed by atoms with van der Waals surface area (Å²) >= 11 is 0. The molecule has 1 unspecified atom stereocenters. The monoisotopic (exact) mass is 1160 g/mol. The minimum Gasteiger partial charge on any atom is -0.463 e. The molecule has 0 radical (unpaired) electrons. The molecule has 0 aliphatic rings. The van der Waals surface area contributed by atoms with Crippen LogP contribution in [0.15, 0.2) is 24.3 Å². The fourth-order valence-corrected chi connectivity index (χ4v) is 8.05. The van der Waals surface area contributed by atoms with Crippen LogP contribution in [-0.2, 0) is 76.0 Å². The van der Waals surface area contributed by atoms with Crippen molar-refractivity contribution in [3.8, 4) is 0 Å². The lowest BCUT2D eigenvalue weighted by molar-refractivity contribution is -0.155. The van der Waals surface area contributed by atoms with Gasteiger partial charge in [-0.15, -0.1) is 0 Å². The van der Waals surface area contributed by atoms with Crippen molar-refractivity contribution in [3.05, 3.63) is 24.3 Å². The molecular formula is C63H119NO17. The van der Waals surface area contributed by atoms with Crippen molar-refractivity contribution >= 4 is 17.8 Å². The summed E-state index contributed by atoms with van der Waals surface area (Å²) in [5.41, 5.74) is 0. The highest BCUT2D eigenvalue weighted by atomic mass is 16.6. The lowest BCUT2D eigenvalue weighted by Crippen LogP contribution is -2.45. The van der Waals surface area contributed by atoms with E-state index in [0.717, 1.165) is 77.0 Å². The van der Waals surface area contributed by atoms with Gasteiger partial charge < -0.3 is 72.0 Å². The molecule has 0 aliphatic carbocycles. The van der Waals surface area contributed by atoms with Crippen LogP contribution in [0.1, 0.15) is 194 Å². The van der Waals surface area contributed by atoms with E-state index in [9.17, 15) is 14.4 Å². The number of nitrogens with one attached hydrogen (secondary N) is 1. The van der Waals surface area contributed by atoms with Crippen LogP contribution >= 0.6 is 0 Å². The second-order valence-electron chi connectivity index (χ2n) is 20.1. The van der Waals surface area contributed by atoms with Gasteiger partial charge >= 0.3 is 11.9 Å². The van der Waals surface area contributed by atoms with Crippen LogP contribution in [0.2, 0.25) is 0 Å². The predicted molar refractivity (Wildman–Crippen MR) is 319 cm³/mol. The number of aliphatic hydroxyl groups is 1. The van der Waals surface area contributed by atoms with Crippen molar-refractivity contribution in [1.29, 1.82) is 0 Å². The lowest BCUT2D eigenvalue weighted by Gasteiger charge is -2.18. The SMILES string of the molecule is CCCCCCCC/C=C\CCCCCCCC(=O)NC(COC(=O)CCCCCCC/C=C\CCCCCCCC)C(=O)OCCOCCOCCOCCOCCOCCOCCOCCOCCOCCOCCOCCO. The predicted octanol–water partition coefficient (Wildman–Crippen LogP) is 10.8. The Kier molecular flexibility index (Phi) is 67.7. The van der Waals surface area contributed by atoms with Gasteiger partial charge in [0.05, 0.1) is 152 Å². The number of unbranched alkanes of at least 4 members (excludes halogenated alkanes) is 22. The van der Waals surface area contributed by atoms with Gasteiger partial charge in [0.15, 0.2) is 6.04 Å². The first-order valence-corrected chi connectivity index (χ1v) is 31.9. The molecule has 1 amide bonds. The van der Waals surface area contributed by atoms with E-state index in [4.69, 9.17) is 66.7 Å². The Balaban J connectivity index is 4.10. The maximum absolute atomic E-state index is 13.1. The van der Waals surface area contributed by atoms with E-state index in [0.29, 0.717) is 145 Å². The van der Waals surface area contributed by atoms with E-state index in [1.807, 2.05) is 0 Å². The van der Waals surface area contributed by atoms with E-state index in [-0.39, 0.29) is 44.7 Å². The van der Waals surface area contributed by atoms with E-state index in [1.165, 1.54) is 89.9 Å². The minimum atomic E-state index is -1.09. The fraction of sp³-hybridized carbons (Fsp3) is 0.889. The number of carbonyl (C=O) groups excluding carboxylic acids is 3. The summed E-state index contributed by atoms with van der Waals surface area (Å²) in [4.78, 5) is 38.7. The molecule has 0 aromatic rings. The average molecular weight is 1160 g/mol. The van der Waals surface area contributed by atoms with Crippen molar-refractivity contribution in [2.24, 2.45) is 0 Å². The molecule has 0 saturated heterocycles. The maximum Gasteiger partial charge on any atom is 0.332 e. The molecule has 0 heterocycles. The van der Waals surface area contributed by atoms with Gasteiger partial charge in [0.25, 0.3) is 0 Å². The van der Waals surface area contributed by atoms with Gasteiger partial charge in [-0.05, 0) is 64.2 Å². The molecule has 0 aliphatic heterocycles. The Bertz CT molecular complexity index is 1340. The molecule has 0 bridgehead atoms. The van der Waals surface area contributed by atoms with E-state index >= 15 is 0 Å². The Morgan fingerprint density at radius 1 is 0.333 bits per heavy atom. The first kappa shape index (κ1) is 78.4. The lowest BCUT2D eigenvalue weighted by atomic mass is 10.1. The largest absolute Gasteiger partial charge is 0.463 e. The van der Waals surface area contributed by atoms with Crippen molar-refractivity contribution in [3.63, 3.8) is 0 Å². The molecule has 18 heteroatoms. The summed E-state index contributed by atoms with van der Waals surface area (Å²) in [6, 6.07) is -1.09.